The van der Waals surface area contributed by atoms with Gasteiger partial charge in [0.25, 0.3) is 0 Å². The van der Waals surface area contributed by atoms with Gasteiger partial charge in [0.15, 0.2) is 0 Å². The normalized spacial score (nSPS) is 11.5. The van der Waals surface area contributed by atoms with E-state index in [1.807, 2.05) is 18.7 Å². The fourth-order valence-corrected chi connectivity index (χ4v) is 2.73. The zero-order valence-electron chi connectivity index (χ0n) is 11.4. The van der Waals surface area contributed by atoms with Crippen molar-refractivity contribution < 1.29 is 0 Å². The van der Waals surface area contributed by atoms with Crippen LogP contribution in [0.5, 0.6) is 0 Å². The van der Waals surface area contributed by atoms with Crippen LogP contribution in [0.15, 0.2) is 0 Å². The first-order chi connectivity index (χ1) is 7.91. The van der Waals surface area contributed by atoms with Crippen LogP contribution in [-0.2, 0) is 5.75 Å². The zero-order valence-corrected chi connectivity index (χ0v) is 12.3. The molecule has 0 aromatic carbocycles. The number of hydrogen-bond donors (Lipinski definition) is 1. The highest BCUT2D eigenvalue weighted by Gasteiger charge is 2.12. The minimum atomic E-state index is 0.382. The van der Waals surface area contributed by atoms with Gasteiger partial charge in [-0.2, -0.15) is 11.8 Å². The maximum absolute atomic E-state index is 5.99. The highest BCUT2D eigenvalue weighted by atomic mass is 32.2. The standard InChI is InChI=1S/C13H23N3S/c1-8(2)6-17-7-11-15-10(5)12(9(3)4)13(14)16-11/h8-9H,6-7H2,1-5H3,(H2,14,15,16). The SMILES string of the molecule is Cc1nc(CSCC(C)C)nc(N)c1C(C)C. The van der Waals surface area contributed by atoms with Crippen molar-refractivity contribution >= 4 is 17.6 Å². The van der Waals surface area contributed by atoms with Gasteiger partial charge in [-0.15, -0.1) is 0 Å². The number of thioether (sulfide) groups is 1. The zero-order chi connectivity index (χ0) is 13.0. The van der Waals surface area contributed by atoms with Gasteiger partial charge in [0.1, 0.15) is 11.6 Å². The van der Waals surface area contributed by atoms with Gasteiger partial charge in [0.05, 0.1) is 5.75 Å². The Hall–Kier alpha value is -0.770. The molecule has 1 aromatic heterocycles. The lowest BCUT2D eigenvalue weighted by Gasteiger charge is -2.13. The molecule has 0 bridgehead atoms. The smallest absolute Gasteiger partial charge is 0.140 e. The van der Waals surface area contributed by atoms with Crippen LogP contribution in [-0.4, -0.2) is 15.7 Å². The number of aryl methyl sites for hydroxylation is 1. The number of aromatic nitrogens is 2. The largest absolute Gasteiger partial charge is 0.383 e. The molecule has 1 aromatic rings. The van der Waals surface area contributed by atoms with Gasteiger partial charge >= 0.3 is 0 Å². The van der Waals surface area contributed by atoms with Crippen molar-refractivity contribution in [3.63, 3.8) is 0 Å². The molecule has 4 heteroatoms. The van der Waals surface area contributed by atoms with Crippen LogP contribution >= 0.6 is 11.8 Å². The Balaban J connectivity index is 2.77. The minimum absolute atomic E-state index is 0.382. The van der Waals surface area contributed by atoms with Gasteiger partial charge < -0.3 is 5.73 Å². The van der Waals surface area contributed by atoms with Crippen molar-refractivity contribution in [1.82, 2.24) is 9.97 Å². The van der Waals surface area contributed by atoms with Crippen LogP contribution in [0.2, 0.25) is 0 Å². The molecule has 3 nitrogen and oxygen atoms in total. The van der Waals surface area contributed by atoms with Crippen LogP contribution in [0, 0.1) is 12.8 Å². The van der Waals surface area contributed by atoms with Gasteiger partial charge in [0, 0.05) is 11.3 Å². The number of nitrogen functional groups attached to an aromatic ring is 1. The van der Waals surface area contributed by atoms with E-state index in [0.29, 0.717) is 17.7 Å². The average molecular weight is 253 g/mol. The Bertz CT molecular complexity index is 352. The first-order valence-corrected chi connectivity index (χ1v) is 7.28. The van der Waals surface area contributed by atoms with Gasteiger partial charge in [-0.3, -0.25) is 0 Å². The second-order valence-corrected chi connectivity index (χ2v) is 6.12. The number of anilines is 1. The van der Waals surface area contributed by atoms with E-state index < -0.39 is 0 Å². The summed E-state index contributed by atoms with van der Waals surface area (Å²) >= 11 is 1.87. The van der Waals surface area contributed by atoms with E-state index in [1.54, 1.807) is 0 Å². The van der Waals surface area contributed by atoms with E-state index in [-0.39, 0.29) is 0 Å². The average Bonchev–Trinajstić information content (AvgIpc) is 2.14. The second-order valence-electron chi connectivity index (χ2n) is 5.09. The van der Waals surface area contributed by atoms with E-state index in [4.69, 9.17) is 5.73 Å². The third-order valence-corrected chi connectivity index (χ3v) is 3.84. The molecule has 0 unspecified atom stereocenters. The molecule has 96 valence electrons. The predicted molar refractivity (Wildman–Crippen MR) is 76.3 cm³/mol. The number of hydrogen-bond acceptors (Lipinski definition) is 4. The van der Waals surface area contributed by atoms with Crippen molar-refractivity contribution in [2.24, 2.45) is 5.92 Å². The lowest BCUT2D eigenvalue weighted by atomic mass is 10.0. The molecular formula is C13H23N3S. The summed E-state index contributed by atoms with van der Waals surface area (Å²) in [6.07, 6.45) is 0. The fourth-order valence-electron chi connectivity index (χ4n) is 1.83. The van der Waals surface area contributed by atoms with Crippen LogP contribution in [0.3, 0.4) is 0 Å². The molecule has 0 spiro atoms. The monoisotopic (exact) mass is 253 g/mol. The van der Waals surface area contributed by atoms with Gasteiger partial charge in [-0.05, 0) is 24.5 Å². The molecular weight excluding hydrogens is 230 g/mol. The quantitative estimate of drug-likeness (QED) is 0.874. The van der Waals surface area contributed by atoms with Crippen LogP contribution in [0.1, 0.15) is 50.7 Å². The van der Waals surface area contributed by atoms with Gasteiger partial charge in [0.2, 0.25) is 0 Å². The molecule has 0 radical (unpaired) electrons. The first kappa shape index (κ1) is 14.3. The van der Waals surface area contributed by atoms with Crippen molar-refractivity contribution in [3.8, 4) is 0 Å². The first-order valence-electron chi connectivity index (χ1n) is 6.12. The molecule has 0 saturated heterocycles. The summed E-state index contributed by atoms with van der Waals surface area (Å²) in [6.45, 7) is 10.7. The molecule has 1 heterocycles. The number of nitrogens with two attached hydrogens (primary N) is 1. The molecule has 0 saturated carbocycles. The highest BCUT2D eigenvalue weighted by Crippen LogP contribution is 2.24. The molecule has 0 aliphatic heterocycles. The summed E-state index contributed by atoms with van der Waals surface area (Å²) in [7, 11) is 0. The van der Waals surface area contributed by atoms with E-state index >= 15 is 0 Å². The maximum atomic E-state index is 5.99. The Kier molecular flexibility index (Phi) is 5.25. The Morgan fingerprint density at radius 3 is 2.29 bits per heavy atom. The van der Waals surface area contributed by atoms with Crippen LogP contribution < -0.4 is 5.73 Å². The molecule has 0 atom stereocenters. The lowest BCUT2D eigenvalue weighted by molar-refractivity contribution is 0.749. The van der Waals surface area contributed by atoms with E-state index in [2.05, 4.69) is 37.7 Å². The lowest BCUT2D eigenvalue weighted by Crippen LogP contribution is -2.08. The summed E-state index contributed by atoms with van der Waals surface area (Å²) in [5.74, 6) is 4.57. The van der Waals surface area contributed by atoms with Gasteiger partial charge in [-0.1, -0.05) is 27.7 Å². The molecule has 0 aliphatic rings. The summed E-state index contributed by atoms with van der Waals surface area (Å²) in [5.41, 5.74) is 8.10. The van der Waals surface area contributed by atoms with E-state index in [9.17, 15) is 0 Å². The Morgan fingerprint density at radius 2 is 1.82 bits per heavy atom. The number of nitrogens with zero attached hydrogens (tertiary/aromatic N) is 2. The van der Waals surface area contributed by atoms with Crippen LogP contribution in [0.25, 0.3) is 0 Å². The molecule has 0 amide bonds. The third kappa shape index (κ3) is 4.19. The summed E-state index contributed by atoms with van der Waals surface area (Å²) in [4.78, 5) is 8.94. The van der Waals surface area contributed by atoms with Gasteiger partial charge in [-0.25, -0.2) is 9.97 Å². The summed E-state index contributed by atoms with van der Waals surface area (Å²) in [5, 5.41) is 0. The molecule has 0 fully saturated rings. The Labute approximate surface area is 109 Å². The van der Waals surface area contributed by atoms with Crippen molar-refractivity contribution in [3.05, 3.63) is 17.1 Å². The predicted octanol–water partition coefficient (Wildman–Crippen LogP) is 3.38. The van der Waals surface area contributed by atoms with E-state index in [1.165, 1.54) is 0 Å². The van der Waals surface area contributed by atoms with Crippen LogP contribution in [0.4, 0.5) is 5.82 Å². The molecule has 17 heavy (non-hydrogen) atoms. The van der Waals surface area contributed by atoms with E-state index in [0.717, 1.165) is 28.6 Å². The maximum Gasteiger partial charge on any atom is 0.140 e. The molecule has 0 aliphatic carbocycles. The third-order valence-electron chi connectivity index (χ3n) is 2.47. The van der Waals surface area contributed by atoms with Crippen molar-refractivity contribution in [2.75, 3.05) is 11.5 Å². The van der Waals surface area contributed by atoms with Crippen molar-refractivity contribution in [2.45, 2.75) is 46.3 Å². The fraction of sp³-hybridized carbons (Fsp3) is 0.692. The molecule has 2 N–H and O–H groups in total. The second kappa shape index (κ2) is 6.24. The minimum Gasteiger partial charge on any atom is -0.383 e. The topological polar surface area (TPSA) is 51.8 Å². The van der Waals surface area contributed by atoms with Crippen molar-refractivity contribution in [1.29, 1.82) is 0 Å². The summed E-state index contributed by atoms with van der Waals surface area (Å²) in [6, 6.07) is 0. The highest BCUT2D eigenvalue weighted by molar-refractivity contribution is 7.98. The molecule has 1 rings (SSSR count). The Morgan fingerprint density at radius 1 is 1.18 bits per heavy atom. The number of rotatable bonds is 5. The summed E-state index contributed by atoms with van der Waals surface area (Å²) < 4.78 is 0.